The number of nitrogens with zero attached hydrogens (tertiary/aromatic N) is 1. The van der Waals surface area contributed by atoms with Crippen molar-refractivity contribution in [1.29, 1.82) is 0 Å². The summed E-state index contributed by atoms with van der Waals surface area (Å²) in [5.74, 6) is -0.420. The molecule has 4 heteroatoms. The highest BCUT2D eigenvalue weighted by Gasteiger charge is 2.20. The molecule has 0 amide bonds. The van der Waals surface area contributed by atoms with Crippen LogP contribution in [0, 0.1) is 0 Å². The number of aromatic hydroxyl groups is 2. The van der Waals surface area contributed by atoms with Crippen molar-refractivity contribution in [1.82, 2.24) is 0 Å². The topological polar surface area (TPSA) is 69.9 Å². The van der Waals surface area contributed by atoms with E-state index in [4.69, 9.17) is 5.11 Å². The van der Waals surface area contributed by atoms with Gasteiger partial charge in [-0.3, -0.25) is 0 Å². The molecule has 14 heavy (non-hydrogen) atoms. The molecule has 0 aromatic heterocycles. The third-order valence-corrected chi connectivity index (χ3v) is 2.01. The van der Waals surface area contributed by atoms with Crippen LogP contribution in [0.5, 0.6) is 11.5 Å². The van der Waals surface area contributed by atoms with E-state index in [2.05, 4.69) is 4.99 Å². The van der Waals surface area contributed by atoms with E-state index in [9.17, 15) is 9.90 Å². The van der Waals surface area contributed by atoms with Gasteiger partial charge in [-0.05, 0) is 31.5 Å². The fourth-order valence-electron chi connectivity index (χ4n) is 1.08. The minimum Gasteiger partial charge on any atom is -0.504 e. The first-order valence-corrected chi connectivity index (χ1v) is 4.09. The molecule has 0 saturated heterocycles. The Labute approximate surface area is 81.5 Å². The molecular weight excluding hydrogens is 182 g/mol. The van der Waals surface area contributed by atoms with Crippen LogP contribution in [0.3, 0.4) is 0 Å². The van der Waals surface area contributed by atoms with Crippen LogP contribution in [0.2, 0.25) is 0 Å². The SMILES string of the molecule is CC(C)(N=C=O)c1ccc(O)c(O)c1. The number of hydrogen-bond acceptors (Lipinski definition) is 4. The average molecular weight is 193 g/mol. The fourth-order valence-corrected chi connectivity index (χ4v) is 1.08. The van der Waals surface area contributed by atoms with E-state index < -0.39 is 5.54 Å². The Hall–Kier alpha value is -1.80. The quantitative estimate of drug-likeness (QED) is 0.426. The van der Waals surface area contributed by atoms with Crippen molar-refractivity contribution in [2.24, 2.45) is 4.99 Å². The Morgan fingerprint density at radius 2 is 1.93 bits per heavy atom. The minimum atomic E-state index is -0.743. The highest BCUT2D eigenvalue weighted by Crippen LogP contribution is 2.31. The van der Waals surface area contributed by atoms with Gasteiger partial charge in [-0.25, -0.2) is 4.79 Å². The van der Waals surface area contributed by atoms with Gasteiger partial charge in [0.25, 0.3) is 0 Å². The molecule has 0 fully saturated rings. The van der Waals surface area contributed by atoms with Crippen LogP contribution < -0.4 is 0 Å². The Kier molecular flexibility index (Phi) is 2.58. The molecule has 1 aromatic rings. The lowest BCUT2D eigenvalue weighted by molar-refractivity contribution is 0.401. The number of rotatable bonds is 2. The fraction of sp³-hybridized carbons (Fsp3) is 0.300. The third-order valence-electron chi connectivity index (χ3n) is 2.01. The summed E-state index contributed by atoms with van der Waals surface area (Å²) in [5.41, 5.74) is -0.108. The second kappa shape index (κ2) is 3.52. The van der Waals surface area contributed by atoms with Gasteiger partial charge in [-0.2, -0.15) is 4.99 Å². The summed E-state index contributed by atoms with van der Waals surface area (Å²) in [6, 6.07) is 4.32. The molecule has 0 bridgehead atoms. The van der Waals surface area contributed by atoms with E-state index >= 15 is 0 Å². The van der Waals surface area contributed by atoms with E-state index in [1.165, 1.54) is 18.2 Å². The molecule has 0 aliphatic rings. The van der Waals surface area contributed by atoms with Gasteiger partial charge in [0.15, 0.2) is 11.5 Å². The van der Waals surface area contributed by atoms with Crippen LogP contribution in [0.15, 0.2) is 23.2 Å². The maximum atomic E-state index is 10.1. The van der Waals surface area contributed by atoms with Crippen molar-refractivity contribution < 1.29 is 15.0 Å². The van der Waals surface area contributed by atoms with Gasteiger partial charge in [0, 0.05) is 0 Å². The summed E-state index contributed by atoms with van der Waals surface area (Å²) in [6.45, 7) is 3.42. The highest BCUT2D eigenvalue weighted by molar-refractivity contribution is 5.44. The zero-order valence-electron chi connectivity index (χ0n) is 7.98. The third kappa shape index (κ3) is 1.92. The number of isocyanates is 1. The van der Waals surface area contributed by atoms with E-state index in [1.807, 2.05) is 0 Å². The maximum Gasteiger partial charge on any atom is 0.235 e. The predicted octanol–water partition coefficient (Wildman–Crippen LogP) is 1.67. The van der Waals surface area contributed by atoms with E-state index in [0.717, 1.165) is 0 Å². The summed E-state index contributed by atoms with van der Waals surface area (Å²) in [5, 5.41) is 18.3. The Morgan fingerprint density at radius 1 is 1.29 bits per heavy atom. The van der Waals surface area contributed by atoms with Crippen LogP contribution in [-0.4, -0.2) is 16.3 Å². The van der Waals surface area contributed by atoms with Crippen molar-refractivity contribution in [3.8, 4) is 11.5 Å². The van der Waals surface area contributed by atoms with Crippen LogP contribution in [0.1, 0.15) is 19.4 Å². The molecule has 1 aromatic carbocycles. The van der Waals surface area contributed by atoms with Crippen LogP contribution in [-0.2, 0) is 10.3 Å². The normalized spacial score (nSPS) is 10.7. The molecule has 0 aliphatic heterocycles. The summed E-state index contributed by atoms with van der Waals surface area (Å²) in [7, 11) is 0. The number of phenols is 2. The lowest BCUT2D eigenvalue weighted by atomic mass is 9.95. The molecule has 1 rings (SSSR count). The van der Waals surface area contributed by atoms with Gasteiger partial charge < -0.3 is 10.2 Å². The standard InChI is InChI=1S/C10H11NO3/c1-10(2,11-6-12)7-3-4-8(13)9(14)5-7/h3-5,13-14H,1-2H3. The van der Waals surface area contributed by atoms with Crippen LogP contribution in [0.4, 0.5) is 0 Å². The summed E-state index contributed by atoms with van der Waals surface area (Å²) in [4.78, 5) is 13.7. The van der Waals surface area contributed by atoms with Crippen molar-refractivity contribution in [3.05, 3.63) is 23.8 Å². The van der Waals surface area contributed by atoms with Gasteiger partial charge in [0.05, 0.1) is 5.54 Å². The second-order valence-corrected chi connectivity index (χ2v) is 3.47. The zero-order chi connectivity index (χ0) is 10.8. The molecular formula is C10H11NO3. The lowest BCUT2D eigenvalue weighted by Crippen LogP contribution is -2.12. The number of hydrogen-bond donors (Lipinski definition) is 2. The first-order chi connectivity index (χ1) is 6.47. The first kappa shape index (κ1) is 10.3. The van der Waals surface area contributed by atoms with Gasteiger partial charge in [0.1, 0.15) is 0 Å². The number of carbonyl (C=O) groups excluding carboxylic acids is 1. The van der Waals surface area contributed by atoms with Crippen molar-refractivity contribution in [2.45, 2.75) is 19.4 Å². The number of benzene rings is 1. The van der Waals surface area contributed by atoms with Crippen LogP contribution in [0.25, 0.3) is 0 Å². The maximum absolute atomic E-state index is 10.1. The van der Waals surface area contributed by atoms with Gasteiger partial charge in [0.2, 0.25) is 6.08 Å². The van der Waals surface area contributed by atoms with E-state index in [-0.39, 0.29) is 11.5 Å². The van der Waals surface area contributed by atoms with Crippen molar-refractivity contribution in [3.63, 3.8) is 0 Å². The molecule has 0 spiro atoms. The molecule has 74 valence electrons. The lowest BCUT2D eigenvalue weighted by Gasteiger charge is -2.17. The molecule has 2 N–H and O–H groups in total. The van der Waals surface area contributed by atoms with E-state index in [1.54, 1.807) is 19.9 Å². The zero-order valence-corrected chi connectivity index (χ0v) is 7.98. The Balaban J connectivity index is 3.20. The predicted molar refractivity (Wildman–Crippen MR) is 50.9 cm³/mol. The summed E-state index contributed by atoms with van der Waals surface area (Å²) in [6.07, 6.45) is 1.47. The van der Waals surface area contributed by atoms with Gasteiger partial charge >= 0.3 is 0 Å². The molecule has 0 radical (unpaired) electrons. The second-order valence-electron chi connectivity index (χ2n) is 3.47. The van der Waals surface area contributed by atoms with Crippen LogP contribution >= 0.6 is 0 Å². The molecule has 4 nitrogen and oxygen atoms in total. The molecule has 0 atom stereocenters. The van der Waals surface area contributed by atoms with Gasteiger partial charge in [-0.1, -0.05) is 6.07 Å². The van der Waals surface area contributed by atoms with E-state index in [0.29, 0.717) is 5.56 Å². The average Bonchev–Trinajstić information content (AvgIpc) is 2.09. The smallest absolute Gasteiger partial charge is 0.235 e. The Bertz CT molecular complexity index is 392. The number of aliphatic imine (C=N–C) groups is 1. The summed E-state index contributed by atoms with van der Waals surface area (Å²) < 4.78 is 0. The molecule has 0 unspecified atom stereocenters. The van der Waals surface area contributed by atoms with Crippen molar-refractivity contribution >= 4 is 6.08 Å². The van der Waals surface area contributed by atoms with Crippen molar-refractivity contribution in [2.75, 3.05) is 0 Å². The molecule has 0 aliphatic carbocycles. The highest BCUT2D eigenvalue weighted by atomic mass is 16.3. The van der Waals surface area contributed by atoms with Gasteiger partial charge in [-0.15, -0.1) is 0 Å². The largest absolute Gasteiger partial charge is 0.504 e. The molecule has 0 saturated carbocycles. The monoisotopic (exact) mass is 193 g/mol. The molecule has 0 heterocycles. The Morgan fingerprint density at radius 3 is 2.43 bits per heavy atom. The first-order valence-electron chi connectivity index (χ1n) is 4.09. The summed E-state index contributed by atoms with van der Waals surface area (Å²) >= 11 is 0. The minimum absolute atomic E-state index is 0.195. The number of phenolic OH excluding ortho intramolecular Hbond substituents is 2.